The number of piperazine rings is 1. The molecule has 0 spiro atoms. The molecule has 0 bridgehead atoms. The minimum atomic E-state index is 0.209. The molecule has 3 rings (SSSR count). The number of nitrogens with zero attached hydrogens (tertiary/aromatic N) is 5. The summed E-state index contributed by atoms with van der Waals surface area (Å²) < 4.78 is 5.27. The fraction of sp³-hybridized carbons (Fsp3) is 0.973. The van der Waals surface area contributed by atoms with Crippen LogP contribution < -0.4 is 0 Å². The van der Waals surface area contributed by atoms with Gasteiger partial charge in [0, 0.05) is 72.4 Å². The summed E-state index contributed by atoms with van der Waals surface area (Å²) in [7, 11) is 4.20. The summed E-state index contributed by atoms with van der Waals surface area (Å²) in [5, 5.41) is 0. The van der Waals surface area contributed by atoms with Gasteiger partial charge < -0.3 is 19.4 Å². The Morgan fingerprint density at radius 3 is 1.20 bits per heavy atom. The quantitative estimate of drug-likeness (QED) is 0.348. The molecule has 264 valence electrons. The Balaban J connectivity index is 0.000000571. The smallest absolute Gasteiger partial charge is 0.219 e. The van der Waals surface area contributed by atoms with Crippen molar-refractivity contribution < 1.29 is 9.53 Å². The second kappa shape index (κ2) is 20.5. The number of amides is 1. The van der Waals surface area contributed by atoms with Crippen LogP contribution in [-0.2, 0) is 9.53 Å². The Bertz CT molecular complexity index is 693. The third-order valence-corrected chi connectivity index (χ3v) is 7.25. The Morgan fingerprint density at radius 2 is 0.909 bits per heavy atom. The molecule has 0 unspecified atom stereocenters. The number of piperidine rings is 1. The van der Waals surface area contributed by atoms with E-state index in [0.717, 1.165) is 65.6 Å². The Morgan fingerprint density at radius 1 is 0.545 bits per heavy atom. The molecule has 1 amide bonds. The van der Waals surface area contributed by atoms with Gasteiger partial charge in [-0.05, 0) is 61.7 Å². The lowest BCUT2D eigenvalue weighted by atomic mass is 9.95. The standard InChI is InChI=1S/C11H22N2O.C10H21N.C9H19NO.C7H17N/c1-10(14)13-7-5-12(6-8-13)9-11(2,3)4;1-10(2,3)9-11-7-5-4-6-8-11;1-9(2,3)8-10-4-6-11-7-5-10;1-7(2,3)6-8(4)5/h5-9H2,1-4H3;4-9H2,1-3H3;4-8H2,1-3H3;6H2,1-5H3. The van der Waals surface area contributed by atoms with Crippen molar-refractivity contribution in [3.63, 3.8) is 0 Å². The molecule has 0 aromatic heterocycles. The van der Waals surface area contributed by atoms with Crippen molar-refractivity contribution in [2.24, 2.45) is 21.7 Å². The van der Waals surface area contributed by atoms with E-state index in [2.05, 4.69) is 117 Å². The number of likely N-dealkylation sites (tertiary alicyclic amines) is 1. The highest BCUT2D eigenvalue weighted by Gasteiger charge is 2.22. The van der Waals surface area contributed by atoms with Crippen molar-refractivity contribution in [1.82, 2.24) is 24.5 Å². The SMILES string of the molecule is CC(=O)N1CCN(CC(C)(C)C)CC1.CC(C)(C)CN1CCCCC1.CC(C)(C)CN1CCOCC1.CN(C)CC(C)(C)C. The van der Waals surface area contributed by atoms with Crippen LogP contribution in [0.15, 0.2) is 0 Å². The zero-order valence-electron chi connectivity index (χ0n) is 32.6. The predicted molar refractivity (Wildman–Crippen MR) is 193 cm³/mol. The molecule has 0 atom stereocenters. The molecule has 0 aliphatic carbocycles. The normalized spacial score (nSPS) is 19.7. The number of carbonyl (C=O) groups is 1. The summed E-state index contributed by atoms with van der Waals surface area (Å²) >= 11 is 0. The number of carbonyl (C=O) groups excluding carboxylic acids is 1. The summed E-state index contributed by atoms with van der Waals surface area (Å²) in [6.45, 7) is 44.2. The van der Waals surface area contributed by atoms with E-state index in [-0.39, 0.29) is 5.91 Å². The van der Waals surface area contributed by atoms with Gasteiger partial charge in [0.25, 0.3) is 0 Å². The van der Waals surface area contributed by atoms with Crippen LogP contribution in [0.25, 0.3) is 0 Å². The zero-order chi connectivity index (χ0) is 34.2. The Labute approximate surface area is 276 Å². The van der Waals surface area contributed by atoms with Crippen molar-refractivity contribution in [3.05, 3.63) is 0 Å². The fourth-order valence-electron chi connectivity index (χ4n) is 6.06. The van der Waals surface area contributed by atoms with Crippen LogP contribution in [0.1, 0.15) is 109 Å². The van der Waals surface area contributed by atoms with Gasteiger partial charge in [-0.1, -0.05) is 89.5 Å². The van der Waals surface area contributed by atoms with E-state index in [1.54, 1.807) is 6.92 Å². The lowest BCUT2D eigenvalue weighted by Gasteiger charge is -2.37. The molecule has 0 N–H and O–H groups in total. The molecule has 0 saturated carbocycles. The van der Waals surface area contributed by atoms with Crippen molar-refractivity contribution in [1.29, 1.82) is 0 Å². The first kappa shape index (κ1) is 43.3. The van der Waals surface area contributed by atoms with Crippen molar-refractivity contribution in [2.45, 2.75) is 109 Å². The third kappa shape index (κ3) is 27.6. The molecule has 7 heteroatoms. The molecule has 0 radical (unpaired) electrons. The molecular formula is C37H79N5O2. The van der Waals surface area contributed by atoms with Crippen molar-refractivity contribution in [3.8, 4) is 0 Å². The first-order valence-corrected chi connectivity index (χ1v) is 17.6. The number of hydrogen-bond donors (Lipinski definition) is 0. The van der Waals surface area contributed by atoms with Crippen molar-refractivity contribution >= 4 is 5.91 Å². The van der Waals surface area contributed by atoms with Crippen LogP contribution in [0.2, 0.25) is 0 Å². The molecule has 0 aromatic rings. The summed E-state index contributed by atoms with van der Waals surface area (Å²) in [5.41, 5.74) is 1.72. The van der Waals surface area contributed by atoms with Crippen LogP contribution in [0.4, 0.5) is 0 Å². The second-order valence-corrected chi connectivity index (χ2v) is 18.5. The maximum absolute atomic E-state index is 11.1. The molecule has 3 fully saturated rings. The van der Waals surface area contributed by atoms with E-state index in [1.807, 2.05) is 4.90 Å². The van der Waals surface area contributed by atoms with E-state index in [9.17, 15) is 4.79 Å². The average Bonchev–Trinajstić information content (AvgIpc) is 2.82. The number of ether oxygens (including phenoxy) is 1. The van der Waals surface area contributed by atoms with Gasteiger partial charge in [-0.25, -0.2) is 0 Å². The minimum Gasteiger partial charge on any atom is -0.379 e. The molecule has 3 saturated heterocycles. The van der Waals surface area contributed by atoms with Crippen LogP contribution in [0.3, 0.4) is 0 Å². The lowest BCUT2D eigenvalue weighted by Crippen LogP contribution is -2.49. The monoisotopic (exact) mass is 626 g/mol. The van der Waals surface area contributed by atoms with Crippen LogP contribution >= 0.6 is 0 Å². The van der Waals surface area contributed by atoms with Gasteiger partial charge in [0.15, 0.2) is 0 Å². The molecule has 7 nitrogen and oxygen atoms in total. The summed E-state index contributed by atoms with van der Waals surface area (Å²) in [5.74, 6) is 0.209. The summed E-state index contributed by atoms with van der Waals surface area (Å²) in [6.07, 6.45) is 4.27. The zero-order valence-corrected chi connectivity index (χ0v) is 32.6. The summed E-state index contributed by atoms with van der Waals surface area (Å²) in [4.78, 5) is 22.8. The van der Waals surface area contributed by atoms with Gasteiger partial charge in [-0.15, -0.1) is 0 Å². The maximum Gasteiger partial charge on any atom is 0.219 e. The Hall–Kier alpha value is -0.730. The minimum absolute atomic E-state index is 0.209. The number of hydrogen-bond acceptors (Lipinski definition) is 6. The van der Waals surface area contributed by atoms with Gasteiger partial charge in [0.1, 0.15) is 0 Å². The highest BCUT2D eigenvalue weighted by Crippen LogP contribution is 2.19. The summed E-state index contributed by atoms with van der Waals surface area (Å²) in [6, 6.07) is 0. The van der Waals surface area contributed by atoms with Gasteiger partial charge in [0.05, 0.1) is 13.2 Å². The van der Waals surface area contributed by atoms with Gasteiger partial charge in [-0.3, -0.25) is 14.6 Å². The average molecular weight is 626 g/mol. The first-order valence-electron chi connectivity index (χ1n) is 17.6. The number of rotatable bonds is 4. The van der Waals surface area contributed by atoms with E-state index in [4.69, 9.17) is 4.74 Å². The Kier molecular flexibility index (Phi) is 20.2. The molecule has 3 aliphatic heterocycles. The molecule has 0 aromatic carbocycles. The third-order valence-electron chi connectivity index (χ3n) is 7.25. The lowest BCUT2D eigenvalue weighted by molar-refractivity contribution is -0.130. The van der Waals surface area contributed by atoms with E-state index >= 15 is 0 Å². The topological polar surface area (TPSA) is 42.5 Å². The highest BCUT2D eigenvalue weighted by atomic mass is 16.5. The molecule has 3 aliphatic rings. The fourth-order valence-corrected chi connectivity index (χ4v) is 6.06. The van der Waals surface area contributed by atoms with Gasteiger partial charge in [-0.2, -0.15) is 0 Å². The van der Waals surface area contributed by atoms with E-state index in [0.29, 0.717) is 21.7 Å². The van der Waals surface area contributed by atoms with Gasteiger partial charge >= 0.3 is 0 Å². The second-order valence-electron chi connectivity index (χ2n) is 18.5. The number of morpholine rings is 1. The maximum atomic E-state index is 11.1. The molecule has 3 heterocycles. The first-order chi connectivity index (χ1) is 20.0. The van der Waals surface area contributed by atoms with Crippen LogP contribution in [0, 0.1) is 21.7 Å². The van der Waals surface area contributed by atoms with E-state index < -0.39 is 0 Å². The highest BCUT2D eigenvalue weighted by molar-refractivity contribution is 5.73. The molecule has 44 heavy (non-hydrogen) atoms. The van der Waals surface area contributed by atoms with E-state index in [1.165, 1.54) is 45.4 Å². The predicted octanol–water partition coefficient (Wildman–Crippen LogP) is 6.67. The van der Waals surface area contributed by atoms with Crippen LogP contribution in [-0.4, -0.2) is 136 Å². The van der Waals surface area contributed by atoms with Crippen molar-refractivity contribution in [2.75, 3.05) is 106 Å². The largest absolute Gasteiger partial charge is 0.379 e. The van der Waals surface area contributed by atoms with Gasteiger partial charge in [0.2, 0.25) is 5.91 Å². The molecular weight excluding hydrogens is 546 g/mol. The van der Waals surface area contributed by atoms with Crippen LogP contribution in [0.5, 0.6) is 0 Å².